The molecular formula is C18H23N3O3. The van der Waals surface area contributed by atoms with Gasteiger partial charge in [-0.3, -0.25) is 0 Å². The van der Waals surface area contributed by atoms with E-state index in [1.54, 1.807) is 4.90 Å². The molecule has 128 valence electrons. The number of amides is 1. The Morgan fingerprint density at radius 1 is 1.29 bits per heavy atom. The van der Waals surface area contributed by atoms with E-state index < -0.39 is 5.60 Å². The quantitative estimate of drug-likeness (QED) is 0.837. The topological polar surface area (TPSA) is 68.5 Å². The van der Waals surface area contributed by atoms with Crippen LogP contribution in [0.25, 0.3) is 11.5 Å². The predicted molar refractivity (Wildman–Crippen MR) is 89.5 cm³/mol. The normalized spacial score (nSPS) is 18.5. The number of aromatic nitrogens is 2. The van der Waals surface area contributed by atoms with Crippen LogP contribution in [0.2, 0.25) is 0 Å². The lowest BCUT2D eigenvalue weighted by Gasteiger charge is -2.32. The molecule has 0 N–H and O–H groups in total. The molecule has 0 aliphatic carbocycles. The highest BCUT2D eigenvalue weighted by Gasteiger charge is 2.30. The van der Waals surface area contributed by atoms with Gasteiger partial charge in [-0.2, -0.15) is 4.98 Å². The zero-order chi connectivity index (χ0) is 17.2. The Hall–Kier alpha value is -2.37. The van der Waals surface area contributed by atoms with Crippen LogP contribution in [0.1, 0.15) is 45.4 Å². The molecule has 1 aliphatic heterocycles. The van der Waals surface area contributed by atoms with E-state index in [2.05, 4.69) is 10.1 Å². The first-order chi connectivity index (χ1) is 11.4. The molecule has 1 aliphatic rings. The molecule has 6 nitrogen and oxygen atoms in total. The van der Waals surface area contributed by atoms with Crippen LogP contribution in [0.5, 0.6) is 0 Å². The maximum absolute atomic E-state index is 12.3. The van der Waals surface area contributed by atoms with Gasteiger partial charge in [-0.25, -0.2) is 4.79 Å². The third kappa shape index (κ3) is 3.93. The number of ether oxygens (including phenoxy) is 1. The zero-order valence-corrected chi connectivity index (χ0v) is 14.4. The smallest absolute Gasteiger partial charge is 0.410 e. The van der Waals surface area contributed by atoms with Crippen molar-refractivity contribution in [3.63, 3.8) is 0 Å². The fraction of sp³-hybridized carbons (Fsp3) is 0.500. The zero-order valence-electron chi connectivity index (χ0n) is 14.4. The average molecular weight is 329 g/mol. The number of nitrogens with zero attached hydrogens (tertiary/aromatic N) is 3. The lowest BCUT2D eigenvalue weighted by Crippen LogP contribution is -2.42. The summed E-state index contributed by atoms with van der Waals surface area (Å²) in [5.74, 6) is 1.24. The fourth-order valence-electron chi connectivity index (χ4n) is 2.78. The molecule has 1 aromatic carbocycles. The Bertz CT molecular complexity index is 691. The van der Waals surface area contributed by atoms with Gasteiger partial charge < -0.3 is 14.2 Å². The molecule has 0 spiro atoms. The first kappa shape index (κ1) is 16.5. The molecule has 1 unspecified atom stereocenters. The van der Waals surface area contributed by atoms with Crippen LogP contribution in [0.4, 0.5) is 4.79 Å². The summed E-state index contributed by atoms with van der Waals surface area (Å²) in [7, 11) is 0. The molecule has 2 aromatic rings. The number of likely N-dealkylation sites (tertiary alicyclic amines) is 1. The van der Waals surface area contributed by atoms with E-state index in [-0.39, 0.29) is 12.0 Å². The van der Waals surface area contributed by atoms with Crippen LogP contribution in [-0.2, 0) is 4.74 Å². The third-order valence-electron chi connectivity index (χ3n) is 3.90. The Morgan fingerprint density at radius 2 is 2.04 bits per heavy atom. The number of carbonyl (C=O) groups excluding carboxylic acids is 1. The lowest BCUT2D eigenvalue weighted by molar-refractivity contribution is 0.0195. The summed E-state index contributed by atoms with van der Waals surface area (Å²) < 4.78 is 10.8. The van der Waals surface area contributed by atoms with Gasteiger partial charge in [0, 0.05) is 24.6 Å². The highest BCUT2D eigenvalue weighted by atomic mass is 16.6. The van der Waals surface area contributed by atoms with E-state index in [0.717, 1.165) is 18.4 Å². The largest absolute Gasteiger partial charge is 0.444 e. The molecule has 0 bridgehead atoms. The minimum Gasteiger partial charge on any atom is -0.444 e. The summed E-state index contributed by atoms with van der Waals surface area (Å²) in [6, 6.07) is 9.69. The van der Waals surface area contributed by atoms with E-state index in [9.17, 15) is 4.79 Å². The van der Waals surface area contributed by atoms with Gasteiger partial charge in [-0.15, -0.1) is 0 Å². The van der Waals surface area contributed by atoms with Gasteiger partial charge in [0.15, 0.2) is 5.82 Å². The molecule has 1 amide bonds. The first-order valence-corrected chi connectivity index (χ1v) is 8.29. The lowest BCUT2D eigenvalue weighted by atomic mass is 9.98. The summed E-state index contributed by atoms with van der Waals surface area (Å²) >= 11 is 0. The van der Waals surface area contributed by atoms with Crippen molar-refractivity contribution in [2.75, 3.05) is 13.1 Å². The predicted octanol–water partition coefficient (Wildman–Crippen LogP) is 3.85. The molecule has 24 heavy (non-hydrogen) atoms. The Kier molecular flexibility index (Phi) is 4.55. The summed E-state index contributed by atoms with van der Waals surface area (Å²) in [5, 5.41) is 4.12. The van der Waals surface area contributed by atoms with Crippen LogP contribution in [0, 0.1) is 0 Å². The van der Waals surface area contributed by atoms with Gasteiger partial charge in [0.2, 0.25) is 0 Å². The van der Waals surface area contributed by atoms with Crippen LogP contribution in [0.15, 0.2) is 34.9 Å². The Morgan fingerprint density at radius 3 is 2.75 bits per heavy atom. The van der Waals surface area contributed by atoms with E-state index in [4.69, 9.17) is 9.26 Å². The van der Waals surface area contributed by atoms with Crippen LogP contribution in [-0.4, -0.2) is 39.8 Å². The van der Waals surface area contributed by atoms with Gasteiger partial charge in [0.1, 0.15) is 5.60 Å². The highest BCUT2D eigenvalue weighted by molar-refractivity contribution is 5.68. The van der Waals surface area contributed by atoms with Crippen molar-refractivity contribution >= 4 is 6.09 Å². The Balaban J connectivity index is 1.69. The monoisotopic (exact) mass is 329 g/mol. The number of benzene rings is 1. The summed E-state index contributed by atoms with van der Waals surface area (Å²) in [5.41, 5.74) is 0.410. The van der Waals surface area contributed by atoms with Crippen molar-refractivity contribution in [1.29, 1.82) is 0 Å². The fourth-order valence-corrected chi connectivity index (χ4v) is 2.78. The number of rotatable bonds is 2. The van der Waals surface area contributed by atoms with Crippen LogP contribution in [0.3, 0.4) is 0 Å². The number of hydrogen-bond donors (Lipinski definition) is 0. The summed E-state index contributed by atoms with van der Waals surface area (Å²) in [6.45, 7) is 6.88. The molecule has 1 atom stereocenters. The molecule has 0 radical (unpaired) electrons. The van der Waals surface area contributed by atoms with Crippen LogP contribution < -0.4 is 0 Å². The van der Waals surface area contributed by atoms with E-state index in [1.807, 2.05) is 51.1 Å². The van der Waals surface area contributed by atoms with Crippen molar-refractivity contribution in [2.45, 2.75) is 45.1 Å². The third-order valence-corrected chi connectivity index (χ3v) is 3.90. The van der Waals surface area contributed by atoms with Gasteiger partial charge in [-0.1, -0.05) is 23.4 Å². The molecule has 0 saturated carbocycles. The second-order valence-electron chi connectivity index (χ2n) is 7.09. The van der Waals surface area contributed by atoms with Gasteiger partial charge in [0.05, 0.1) is 0 Å². The van der Waals surface area contributed by atoms with Gasteiger partial charge in [-0.05, 0) is 45.7 Å². The molecule has 2 heterocycles. The van der Waals surface area contributed by atoms with Crippen molar-refractivity contribution in [3.05, 3.63) is 36.2 Å². The number of hydrogen-bond acceptors (Lipinski definition) is 5. The molecule has 3 rings (SSSR count). The van der Waals surface area contributed by atoms with E-state index in [1.165, 1.54) is 0 Å². The Labute approximate surface area is 141 Å². The summed E-state index contributed by atoms with van der Waals surface area (Å²) in [6.07, 6.45) is 1.56. The summed E-state index contributed by atoms with van der Waals surface area (Å²) in [4.78, 5) is 18.5. The number of piperidine rings is 1. The molecule has 1 saturated heterocycles. The van der Waals surface area contributed by atoms with Crippen molar-refractivity contribution in [3.8, 4) is 11.5 Å². The first-order valence-electron chi connectivity index (χ1n) is 8.29. The van der Waals surface area contributed by atoms with Gasteiger partial charge in [0.25, 0.3) is 5.89 Å². The minimum absolute atomic E-state index is 0.0764. The second kappa shape index (κ2) is 6.63. The average Bonchev–Trinajstić information content (AvgIpc) is 3.04. The van der Waals surface area contributed by atoms with E-state index in [0.29, 0.717) is 24.8 Å². The van der Waals surface area contributed by atoms with Crippen molar-refractivity contribution in [1.82, 2.24) is 15.0 Å². The molecule has 6 heteroatoms. The molecular weight excluding hydrogens is 306 g/mol. The van der Waals surface area contributed by atoms with Crippen molar-refractivity contribution < 1.29 is 14.1 Å². The standard InChI is InChI=1S/C18H23N3O3/c1-18(2,3)23-17(22)21-11-7-10-14(12-21)15-19-16(24-20-15)13-8-5-4-6-9-13/h4-6,8-9,14H,7,10-12H2,1-3H3. The highest BCUT2D eigenvalue weighted by Crippen LogP contribution is 2.28. The molecule has 1 aromatic heterocycles. The maximum atomic E-state index is 12.3. The minimum atomic E-state index is -0.489. The molecule has 1 fully saturated rings. The van der Waals surface area contributed by atoms with Crippen molar-refractivity contribution in [2.24, 2.45) is 0 Å². The second-order valence-corrected chi connectivity index (χ2v) is 7.09. The van der Waals surface area contributed by atoms with Gasteiger partial charge >= 0.3 is 6.09 Å². The van der Waals surface area contributed by atoms with E-state index >= 15 is 0 Å². The van der Waals surface area contributed by atoms with Crippen LogP contribution >= 0.6 is 0 Å². The maximum Gasteiger partial charge on any atom is 0.410 e. The SMILES string of the molecule is CC(C)(C)OC(=O)N1CCCC(c2noc(-c3ccccc3)n2)C1. The number of carbonyl (C=O) groups is 1.